The van der Waals surface area contributed by atoms with Gasteiger partial charge in [0.05, 0.1) is 6.54 Å². The highest BCUT2D eigenvalue weighted by atomic mass is 32.2. The molecule has 0 aromatic heterocycles. The first-order valence-electron chi connectivity index (χ1n) is 7.40. The van der Waals surface area contributed by atoms with Crippen molar-refractivity contribution in [3.05, 3.63) is 29.3 Å². The summed E-state index contributed by atoms with van der Waals surface area (Å²) in [5.74, 6) is -0.331. The van der Waals surface area contributed by atoms with Crippen molar-refractivity contribution < 1.29 is 13.2 Å². The number of rotatable bonds is 5. The van der Waals surface area contributed by atoms with Crippen molar-refractivity contribution in [1.29, 1.82) is 0 Å². The van der Waals surface area contributed by atoms with Crippen LogP contribution in [0.5, 0.6) is 0 Å². The molecule has 1 aromatic rings. The molecule has 1 aliphatic rings. The Kier molecular flexibility index (Phi) is 5.20. The first-order valence-corrected chi connectivity index (χ1v) is 8.79. The fourth-order valence-corrected chi connectivity index (χ4v) is 3.98. The molecule has 1 fully saturated rings. The highest BCUT2D eigenvalue weighted by Crippen LogP contribution is 2.20. The third-order valence-electron chi connectivity index (χ3n) is 3.90. The molecule has 1 N–H and O–H groups in total. The first-order chi connectivity index (χ1) is 10.3. The zero-order valence-electron chi connectivity index (χ0n) is 13.3. The van der Waals surface area contributed by atoms with Crippen LogP contribution in [0, 0.1) is 13.8 Å². The van der Waals surface area contributed by atoms with Crippen LogP contribution in [0.1, 0.15) is 24.0 Å². The molecule has 2 rings (SSSR count). The third-order valence-corrected chi connectivity index (χ3v) is 5.83. The molecule has 122 valence electrons. The minimum absolute atomic E-state index is 0.188. The zero-order valence-corrected chi connectivity index (χ0v) is 14.1. The summed E-state index contributed by atoms with van der Waals surface area (Å²) in [5, 5.41) is 2.81. The zero-order chi connectivity index (χ0) is 16.3. The van der Waals surface area contributed by atoms with Crippen LogP contribution < -0.4 is 5.32 Å². The van der Waals surface area contributed by atoms with E-state index in [4.69, 9.17) is 0 Å². The van der Waals surface area contributed by atoms with Gasteiger partial charge < -0.3 is 5.32 Å². The number of nitrogens with one attached hydrogen (secondary N) is 1. The summed E-state index contributed by atoms with van der Waals surface area (Å²) in [7, 11) is -2.10. The van der Waals surface area contributed by atoms with E-state index in [1.54, 1.807) is 0 Å². The van der Waals surface area contributed by atoms with Crippen LogP contribution in [0.4, 0.5) is 5.69 Å². The molecule has 1 amide bonds. The first kappa shape index (κ1) is 16.9. The van der Waals surface area contributed by atoms with E-state index < -0.39 is 10.2 Å². The van der Waals surface area contributed by atoms with Gasteiger partial charge in [-0.25, -0.2) is 0 Å². The molecule has 6 nitrogen and oxygen atoms in total. The molecular weight excluding hydrogens is 302 g/mol. The van der Waals surface area contributed by atoms with Crippen LogP contribution in [-0.4, -0.2) is 49.6 Å². The van der Waals surface area contributed by atoms with Gasteiger partial charge in [0, 0.05) is 25.8 Å². The van der Waals surface area contributed by atoms with Gasteiger partial charge in [-0.2, -0.15) is 17.0 Å². The average Bonchev–Trinajstić information content (AvgIpc) is 2.97. The van der Waals surface area contributed by atoms with Gasteiger partial charge in [-0.15, -0.1) is 0 Å². The smallest absolute Gasteiger partial charge is 0.282 e. The van der Waals surface area contributed by atoms with Crippen molar-refractivity contribution in [2.75, 3.05) is 32.0 Å². The lowest BCUT2D eigenvalue weighted by molar-refractivity contribution is -0.116. The highest BCUT2D eigenvalue weighted by molar-refractivity contribution is 7.86. The van der Waals surface area contributed by atoms with Gasteiger partial charge in [-0.1, -0.05) is 18.2 Å². The van der Waals surface area contributed by atoms with Crippen molar-refractivity contribution in [1.82, 2.24) is 8.61 Å². The van der Waals surface area contributed by atoms with Crippen molar-refractivity contribution >= 4 is 21.8 Å². The molecule has 0 radical (unpaired) electrons. The average molecular weight is 325 g/mol. The molecule has 0 unspecified atom stereocenters. The predicted molar refractivity (Wildman–Crippen MR) is 86.9 cm³/mol. The van der Waals surface area contributed by atoms with Gasteiger partial charge in [-0.05, 0) is 37.8 Å². The predicted octanol–water partition coefficient (Wildman–Crippen LogP) is 1.51. The van der Waals surface area contributed by atoms with Crippen LogP contribution in [0.15, 0.2) is 18.2 Å². The van der Waals surface area contributed by atoms with Gasteiger partial charge in [0.1, 0.15) is 0 Å². The van der Waals surface area contributed by atoms with E-state index in [-0.39, 0.29) is 12.5 Å². The normalized spacial score (nSPS) is 16.2. The summed E-state index contributed by atoms with van der Waals surface area (Å²) in [5.41, 5.74) is 2.66. The minimum Gasteiger partial charge on any atom is -0.324 e. The van der Waals surface area contributed by atoms with E-state index in [1.807, 2.05) is 32.0 Å². The Hall–Kier alpha value is -1.44. The number of carbonyl (C=O) groups is 1. The molecule has 1 heterocycles. The summed E-state index contributed by atoms with van der Waals surface area (Å²) in [6, 6.07) is 5.74. The Labute approximate surface area is 132 Å². The maximum atomic E-state index is 12.3. The maximum Gasteiger partial charge on any atom is 0.282 e. The van der Waals surface area contributed by atoms with Gasteiger partial charge in [0.25, 0.3) is 10.2 Å². The Bertz CT molecular complexity index is 632. The molecule has 22 heavy (non-hydrogen) atoms. The molecule has 0 atom stereocenters. The topological polar surface area (TPSA) is 69.7 Å². The van der Waals surface area contributed by atoms with E-state index in [1.165, 1.54) is 11.4 Å². The number of benzene rings is 1. The number of amides is 1. The van der Waals surface area contributed by atoms with Crippen LogP contribution in [0.25, 0.3) is 0 Å². The van der Waals surface area contributed by atoms with Crippen LogP contribution in [0.2, 0.25) is 0 Å². The van der Waals surface area contributed by atoms with Gasteiger partial charge in [0.2, 0.25) is 5.91 Å². The molecule has 7 heteroatoms. The SMILES string of the molecule is Cc1cccc(C)c1NC(=O)CN(C)S(=O)(=O)N1CCCC1. The quantitative estimate of drug-likeness (QED) is 0.892. The number of carbonyl (C=O) groups excluding carboxylic acids is 1. The van der Waals surface area contributed by atoms with E-state index in [9.17, 15) is 13.2 Å². The largest absolute Gasteiger partial charge is 0.324 e. The summed E-state index contributed by atoms with van der Waals surface area (Å²) in [4.78, 5) is 12.2. The van der Waals surface area contributed by atoms with Crippen molar-refractivity contribution in [3.63, 3.8) is 0 Å². The Morgan fingerprint density at radius 2 is 1.77 bits per heavy atom. The highest BCUT2D eigenvalue weighted by Gasteiger charge is 2.30. The number of nitrogens with zero attached hydrogens (tertiary/aromatic N) is 2. The summed E-state index contributed by atoms with van der Waals surface area (Å²) in [6.45, 7) is 4.70. The number of para-hydroxylation sites is 1. The number of hydrogen-bond donors (Lipinski definition) is 1. The Morgan fingerprint density at radius 1 is 1.23 bits per heavy atom. The lowest BCUT2D eigenvalue weighted by atomic mass is 10.1. The van der Waals surface area contributed by atoms with Crippen LogP contribution >= 0.6 is 0 Å². The summed E-state index contributed by atoms with van der Waals surface area (Å²) < 4.78 is 27.2. The Balaban J connectivity index is 2.02. The molecule has 1 aliphatic heterocycles. The lowest BCUT2D eigenvalue weighted by Crippen LogP contribution is -2.43. The summed E-state index contributed by atoms with van der Waals surface area (Å²) in [6.07, 6.45) is 1.75. The van der Waals surface area contributed by atoms with E-state index in [0.29, 0.717) is 13.1 Å². The molecule has 1 aromatic carbocycles. The van der Waals surface area contributed by atoms with E-state index in [2.05, 4.69) is 5.32 Å². The minimum atomic E-state index is -3.54. The molecule has 0 aliphatic carbocycles. The second-order valence-corrected chi connectivity index (χ2v) is 7.72. The Morgan fingerprint density at radius 3 is 2.32 bits per heavy atom. The standard InChI is InChI=1S/C15H23N3O3S/c1-12-7-6-8-13(2)15(12)16-14(19)11-17(3)22(20,21)18-9-4-5-10-18/h6-8H,4-5,9-11H2,1-3H3,(H,16,19). The molecule has 0 spiro atoms. The third kappa shape index (κ3) is 3.66. The molecule has 0 bridgehead atoms. The number of hydrogen-bond acceptors (Lipinski definition) is 3. The van der Waals surface area contributed by atoms with Crippen molar-refractivity contribution in [3.8, 4) is 0 Å². The molecule has 0 saturated carbocycles. The second-order valence-electron chi connectivity index (χ2n) is 5.68. The van der Waals surface area contributed by atoms with Crippen LogP contribution in [0.3, 0.4) is 0 Å². The van der Waals surface area contributed by atoms with Crippen molar-refractivity contribution in [2.24, 2.45) is 0 Å². The lowest BCUT2D eigenvalue weighted by Gasteiger charge is -2.23. The van der Waals surface area contributed by atoms with E-state index >= 15 is 0 Å². The van der Waals surface area contributed by atoms with Crippen LogP contribution in [-0.2, 0) is 15.0 Å². The fraction of sp³-hybridized carbons (Fsp3) is 0.533. The monoisotopic (exact) mass is 325 g/mol. The maximum absolute atomic E-state index is 12.3. The number of aryl methyl sites for hydroxylation is 2. The summed E-state index contributed by atoms with van der Waals surface area (Å²) >= 11 is 0. The van der Waals surface area contributed by atoms with Gasteiger partial charge in [0.15, 0.2) is 0 Å². The number of likely N-dealkylation sites (N-methyl/N-ethyl adjacent to an activating group) is 1. The van der Waals surface area contributed by atoms with Gasteiger partial charge >= 0.3 is 0 Å². The molecular formula is C15H23N3O3S. The van der Waals surface area contributed by atoms with E-state index in [0.717, 1.165) is 34.0 Å². The number of anilines is 1. The molecule has 1 saturated heterocycles. The fourth-order valence-electron chi connectivity index (χ4n) is 2.59. The van der Waals surface area contributed by atoms with Crippen molar-refractivity contribution in [2.45, 2.75) is 26.7 Å². The second kappa shape index (κ2) is 6.76. The van der Waals surface area contributed by atoms with Gasteiger partial charge in [-0.3, -0.25) is 4.79 Å².